The summed E-state index contributed by atoms with van der Waals surface area (Å²) in [4.78, 5) is 1.46. The van der Waals surface area contributed by atoms with Crippen molar-refractivity contribution in [3.05, 3.63) is 22.4 Å². The third kappa shape index (κ3) is 1.61. The lowest BCUT2D eigenvalue weighted by Gasteiger charge is -2.19. The first-order valence-corrected chi connectivity index (χ1v) is 6.49. The molecule has 0 aliphatic heterocycles. The van der Waals surface area contributed by atoms with Crippen LogP contribution in [-0.4, -0.2) is 6.04 Å². The minimum atomic E-state index is 0.418. The largest absolute Gasteiger partial charge is 0.327 e. The molecule has 2 heteroatoms. The summed E-state index contributed by atoms with van der Waals surface area (Å²) >= 11 is 1.84. The predicted molar refractivity (Wildman–Crippen MR) is 60.3 cm³/mol. The highest BCUT2D eigenvalue weighted by Crippen LogP contribution is 2.55. The molecule has 1 nitrogen and oxygen atoms in total. The molecule has 1 aromatic rings. The van der Waals surface area contributed by atoms with Crippen LogP contribution in [0.3, 0.4) is 0 Å². The average Bonchev–Trinajstić information content (AvgIpc) is 2.68. The van der Waals surface area contributed by atoms with Gasteiger partial charge in [-0.3, -0.25) is 0 Å². The third-order valence-electron chi connectivity index (χ3n) is 3.90. The zero-order valence-electron chi connectivity index (χ0n) is 8.36. The molecule has 3 atom stereocenters. The minimum Gasteiger partial charge on any atom is -0.327 e. The van der Waals surface area contributed by atoms with Crippen LogP contribution in [0.5, 0.6) is 0 Å². The van der Waals surface area contributed by atoms with E-state index in [1.807, 2.05) is 11.3 Å². The van der Waals surface area contributed by atoms with Gasteiger partial charge in [0, 0.05) is 10.9 Å². The van der Waals surface area contributed by atoms with E-state index in [-0.39, 0.29) is 0 Å². The molecule has 2 aliphatic carbocycles. The molecule has 3 unspecified atom stereocenters. The molecule has 0 radical (unpaired) electrons. The quantitative estimate of drug-likeness (QED) is 0.810. The monoisotopic (exact) mass is 207 g/mol. The van der Waals surface area contributed by atoms with Gasteiger partial charge in [-0.25, -0.2) is 0 Å². The van der Waals surface area contributed by atoms with Crippen LogP contribution in [0.4, 0.5) is 0 Å². The van der Waals surface area contributed by atoms with Gasteiger partial charge in [0.1, 0.15) is 0 Å². The van der Waals surface area contributed by atoms with E-state index >= 15 is 0 Å². The summed E-state index contributed by atoms with van der Waals surface area (Å²) in [6.07, 6.45) is 5.43. The molecule has 0 saturated heterocycles. The Hall–Kier alpha value is -0.340. The molecule has 2 fully saturated rings. The van der Waals surface area contributed by atoms with Crippen molar-refractivity contribution in [2.75, 3.05) is 0 Å². The Balaban J connectivity index is 1.58. The molecule has 1 aromatic heterocycles. The van der Waals surface area contributed by atoms with Crippen molar-refractivity contribution in [2.24, 2.45) is 23.5 Å². The number of hydrogen-bond acceptors (Lipinski definition) is 2. The van der Waals surface area contributed by atoms with Gasteiger partial charge in [0.25, 0.3) is 0 Å². The molecule has 14 heavy (non-hydrogen) atoms. The van der Waals surface area contributed by atoms with Crippen LogP contribution in [-0.2, 0) is 6.42 Å². The lowest BCUT2D eigenvalue weighted by Crippen LogP contribution is -2.31. The van der Waals surface area contributed by atoms with Crippen molar-refractivity contribution < 1.29 is 0 Å². The van der Waals surface area contributed by atoms with Crippen LogP contribution >= 0.6 is 11.3 Å². The molecule has 0 bridgehead atoms. The van der Waals surface area contributed by atoms with Crippen molar-refractivity contribution >= 4 is 11.3 Å². The highest BCUT2D eigenvalue weighted by molar-refractivity contribution is 7.09. The second-order valence-corrected chi connectivity index (χ2v) is 5.97. The smallest absolute Gasteiger partial charge is 0.0116 e. The Morgan fingerprint density at radius 3 is 2.79 bits per heavy atom. The molecule has 3 rings (SSSR count). The van der Waals surface area contributed by atoms with Gasteiger partial charge in [-0.05, 0) is 54.9 Å². The molecule has 0 aromatic carbocycles. The maximum Gasteiger partial charge on any atom is 0.0116 e. The van der Waals surface area contributed by atoms with Crippen LogP contribution in [0, 0.1) is 17.8 Å². The van der Waals surface area contributed by atoms with Crippen LogP contribution in [0.25, 0.3) is 0 Å². The lowest BCUT2D eigenvalue weighted by molar-refractivity contribution is 0.394. The Morgan fingerprint density at radius 2 is 2.14 bits per heavy atom. The summed E-state index contributed by atoms with van der Waals surface area (Å²) in [6, 6.07) is 4.75. The van der Waals surface area contributed by atoms with Crippen molar-refractivity contribution in [1.29, 1.82) is 0 Å². The SMILES string of the molecule is NC(Cc1cccs1)C1CC2CC2C1. The highest BCUT2D eigenvalue weighted by Gasteiger charge is 2.47. The van der Waals surface area contributed by atoms with Crippen LogP contribution in [0.1, 0.15) is 24.1 Å². The molecule has 0 spiro atoms. The predicted octanol–water partition coefficient (Wildman–Crippen LogP) is 2.66. The van der Waals surface area contributed by atoms with Crippen molar-refractivity contribution in [2.45, 2.75) is 31.7 Å². The first kappa shape index (κ1) is 8.93. The standard InChI is InChI=1S/C12H17NS/c13-12(7-11-2-1-3-14-11)10-5-8-4-9(8)6-10/h1-3,8-10,12H,4-7,13H2. The molecular formula is C12H17NS. The highest BCUT2D eigenvalue weighted by atomic mass is 32.1. The fourth-order valence-electron chi connectivity index (χ4n) is 2.94. The summed E-state index contributed by atoms with van der Waals surface area (Å²) in [5.74, 6) is 2.95. The normalized spacial score (nSPS) is 36.8. The second-order valence-electron chi connectivity index (χ2n) is 4.93. The van der Waals surface area contributed by atoms with Crippen LogP contribution < -0.4 is 5.73 Å². The molecule has 2 N–H and O–H groups in total. The number of nitrogens with two attached hydrogens (primary N) is 1. The maximum absolute atomic E-state index is 6.26. The van der Waals surface area contributed by atoms with Gasteiger partial charge in [0.05, 0.1) is 0 Å². The van der Waals surface area contributed by atoms with E-state index in [0.717, 1.165) is 24.2 Å². The summed E-state index contributed by atoms with van der Waals surface area (Å²) in [7, 11) is 0. The summed E-state index contributed by atoms with van der Waals surface area (Å²) in [5, 5.41) is 2.15. The summed E-state index contributed by atoms with van der Waals surface area (Å²) in [6.45, 7) is 0. The van der Waals surface area contributed by atoms with E-state index in [4.69, 9.17) is 5.73 Å². The Morgan fingerprint density at radius 1 is 1.36 bits per heavy atom. The number of fused-ring (bicyclic) bond motifs is 1. The van der Waals surface area contributed by atoms with Crippen LogP contribution in [0.2, 0.25) is 0 Å². The van der Waals surface area contributed by atoms with E-state index in [1.165, 1.54) is 24.1 Å². The average molecular weight is 207 g/mol. The van der Waals surface area contributed by atoms with Gasteiger partial charge in [-0.2, -0.15) is 0 Å². The van der Waals surface area contributed by atoms with Gasteiger partial charge >= 0.3 is 0 Å². The fraction of sp³-hybridized carbons (Fsp3) is 0.667. The molecule has 0 amide bonds. The zero-order valence-corrected chi connectivity index (χ0v) is 9.17. The van der Waals surface area contributed by atoms with E-state index < -0.39 is 0 Å². The lowest BCUT2D eigenvalue weighted by atomic mass is 9.92. The zero-order chi connectivity index (χ0) is 9.54. The first-order chi connectivity index (χ1) is 6.83. The van der Waals surface area contributed by atoms with E-state index in [9.17, 15) is 0 Å². The summed E-state index contributed by atoms with van der Waals surface area (Å²) in [5.41, 5.74) is 6.26. The second kappa shape index (κ2) is 3.35. The maximum atomic E-state index is 6.26. The van der Waals surface area contributed by atoms with E-state index in [0.29, 0.717) is 6.04 Å². The number of thiophene rings is 1. The third-order valence-corrected chi connectivity index (χ3v) is 4.80. The van der Waals surface area contributed by atoms with Gasteiger partial charge in [0.2, 0.25) is 0 Å². The van der Waals surface area contributed by atoms with Gasteiger partial charge in [-0.1, -0.05) is 6.07 Å². The van der Waals surface area contributed by atoms with Gasteiger partial charge in [-0.15, -0.1) is 11.3 Å². The molecule has 2 saturated carbocycles. The van der Waals surface area contributed by atoms with Gasteiger partial charge < -0.3 is 5.73 Å². The van der Waals surface area contributed by atoms with Crippen molar-refractivity contribution in [3.63, 3.8) is 0 Å². The number of hydrogen-bond donors (Lipinski definition) is 1. The molecular weight excluding hydrogens is 190 g/mol. The Kier molecular flexibility index (Phi) is 2.14. The number of rotatable bonds is 3. The molecule has 2 aliphatic rings. The van der Waals surface area contributed by atoms with E-state index in [1.54, 1.807) is 0 Å². The summed E-state index contributed by atoms with van der Waals surface area (Å²) < 4.78 is 0. The Bertz CT molecular complexity index is 296. The minimum absolute atomic E-state index is 0.418. The molecule has 76 valence electrons. The van der Waals surface area contributed by atoms with Crippen LogP contribution in [0.15, 0.2) is 17.5 Å². The Labute approximate surface area is 89.3 Å². The van der Waals surface area contributed by atoms with Gasteiger partial charge in [0.15, 0.2) is 0 Å². The molecule has 1 heterocycles. The fourth-order valence-corrected chi connectivity index (χ4v) is 3.72. The van der Waals surface area contributed by atoms with Crippen molar-refractivity contribution in [1.82, 2.24) is 0 Å². The van der Waals surface area contributed by atoms with Crippen molar-refractivity contribution in [3.8, 4) is 0 Å². The topological polar surface area (TPSA) is 26.0 Å². The van der Waals surface area contributed by atoms with E-state index in [2.05, 4.69) is 17.5 Å². The first-order valence-electron chi connectivity index (χ1n) is 5.61.